The Kier molecular flexibility index (Phi) is 7.14. The number of carbonyl (C=O) groups is 2. The van der Waals surface area contributed by atoms with Crippen LogP contribution < -0.4 is 21.1 Å². The lowest BCUT2D eigenvalue weighted by Crippen LogP contribution is -2.46. The number of nitrogens with two attached hydrogens (primary N) is 1. The van der Waals surface area contributed by atoms with Crippen LogP contribution >= 0.6 is 12.4 Å². The SMILES string of the molecule is CC1CC(NC(=O)c2ccccc2OCC(N)=O)CCN1.Cl. The summed E-state index contributed by atoms with van der Waals surface area (Å²) >= 11 is 0. The number of hydrogen-bond donors (Lipinski definition) is 3. The number of benzene rings is 1. The summed E-state index contributed by atoms with van der Waals surface area (Å²) in [4.78, 5) is 23.2. The first-order valence-electron chi connectivity index (χ1n) is 7.10. The van der Waals surface area contributed by atoms with Gasteiger partial charge in [0.25, 0.3) is 11.8 Å². The second kappa shape index (κ2) is 8.60. The number of halogens is 1. The Labute approximate surface area is 136 Å². The summed E-state index contributed by atoms with van der Waals surface area (Å²) in [6.45, 7) is 2.75. The molecule has 2 unspecified atom stereocenters. The zero-order valence-electron chi connectivity index (χ0n) is 12.5. The molecule has 122 valence electrons. The van der Waals surface area contributed by atoms with Crippen molar-refractivity contribution in [2.45, 2.75) is 31.8 Å². The van der Waals surface area contributed by atoms with Crippen molar-refractivity contribution in [3.05, 3.63) is 29.8 Å². The van der Waals surface area contributed by atoms with Crippen LogP contribution in [0.3, 0.4) is 0 Å². The van der Waals surface area contributed by atoms with Crippen LogP contribution in [-0.2, 0) is 4.79 Å². The van der Waals surface area contributed by atoms with Crippen LogP contribution in [0.2, 0.25) is 0 Å². The Balaban J connectivity index is 0.00000242. The van der Waals surface area contributed by atoms with Crippen molar-refractivity contribution >= 4 is 24.2 Å². The van der Waals surface area contributed by atoms with Gasteiger partial charge in [-0.05, 0) is 38.4 Å². The van der Waals surface area contributed by atoms with E-state index in [2.05, 4.69) is 17.6 Å². The minimum Gasteiger partial charge on any atom is -0.483 e. The van der Waals surface area contributed by atoms with Gasteiger partial charge in [0.1, 0.15) is 5.75 Å². The molecule has 1 aliphatic heterocycles. The van der Waals surface area contributed by atoms with Gasteiger partial charge in [-0.15, -0.1) is 12.4 Å². The van der Waals surface area contributed by atoms with Crippen molar-refractivity contribution in [1.82, 2.24) is 10.6 Å². The summed E-state index contributed by atoms with van der Waals surface area (Å²) in [5, 5.41) is 6.36. The highest BCUT2D eigenvalue weighted by atomic mass is 35.5. The normalized spacial score (nSPS) is 20.6. The molecular weight excluding hydrogens is 306 g/mol. The van der Waals surface area contributed by atoms with E-state index in [0.717, 1.165) is 19.4 Å². The Morgan fingerprint density at radius 1 is 1.41 bits per heavy atom. The van der Waals surface area contributed by atoms with Crippen molar-refractivity contribution in [2.75, 3.05) is 13.2 Å². The van der Waals surface area contributed by atoms with Gasteiger partial charge in [0.2, 0.25) is 0 Å². The van der Waals surface area contributed by atoms with Gasteiger partial charge in [0, 0.05) is 12.1 Å². The third-order valence-corrected chi connectivity index (χ3v) is 3.46. The van der Waals surface area contributed by atoms with E-state index in [-0.39, 0.29) is 31.0 Å². The van der Waals surface area contributed by atoms with Crippen molar-refractivity contribution in [3.8, 4) is 5.75 Å². The first-order valence-corrected chi connectivity index (χ1v) is 7.10. The molecule has 1 aliphatic rings. The summed E-state index contributed by atoms with van der Waals surface area (Å²) in [6.07, 6.45) is 1.80. The van der Waals surface area contributed by atoms with E-state index in [1.807, 2.05) is 0 Å². The number of carbonyl (C=O) groups excluding carboxylic acids is 2. The number of hydrogen-bond acceptors (Lipinski definition) is 4. The topological polar surface area (TPSA) is 93.4 Å². The van der Waals surface area contributed by atoms with Crippen molar-refractivity contribution < 1.29 is 14.3 Å². The van der Waals surface area contributed by atoms with Gasteiger partial charge in [-0.25, -0.2) is 0 Å². The van der Waals surface area contributed by atoms with Gasteiger partial charge < -0.3 is 21.1 Å². The molecule has 1 aromatic rings. The lowest BCUT2D eigenvalue weighted by Gasteiger charge is -2.28. The molecule has 0 radical (unpaired) electrons. The van der Waals surface area contributed by atoms with Crippen LogP contribution in [0.5, 0.6) is 5.75 Å². The molecule has 7 heteroatoms. The maximum absolute atomic E-state index is 12.4. The van der Waals surface area contributed by atoms with Gasteiger partial charge >= 0.3 is 0 Å². The highest BCUT2D eigenvalue weighted by molar-refractivity contribution is 5.97. The van der Waals surface area contributed by atoms with Crippen molar-refractivity contribution in [2.24, 2.45) is 5.73 Å². The summed E-state index contributed by atoms with van der Waals surface area (Å²) in [5.41, 5.74) is 5.48. The fourth-order valence-corrected chi connectivity index (χ4v) is 2.46. The molecule has 1 saturated heterocycles. The van der Waals surface area contributed by atoms with E-state index >= 15 is 0 Å². The predicted octanol–water partition coefficient (Wildman–Crippen LogP) is 0.843. The third kappa shape index (κ3) is 5.20. The van der Waals surface area contributed by atoms with Crippen LogP contribution in [0.1, 0.15) is 30.1 Å². The molecular formula is C15H22ClN3O3. The number of primary amides is 1. The summed E-state index contributed by atoms with van der Waals surface area (Å²) in [6, 6.07) is 7.39. The maximum Gasteiger partial charge on any atom is 0.255 e. The van der Waals surface area contributed by atoms with Crippen LogP contribution in [-0.4, -0.2) is 37.0 Å². The lowest BCUT2D eigenvalue weighted by atomic mass is 10.00. The molecule has 2 amide bonds. The minimum atomic E-state index is -0.572. The monoisotopic (exact) mass is 327 g/mol. The zero-order chi connectivity index (χ0) is 15.2. The van der Waals surface area contributed by atoms with E-state index < -0.39 is 5.91 Å². The molecule has 0 saturated carbocycles. The average Bonchev–Trinajstić information content (AvgIpc) is 2.45. The predicted molar refractivity (Wildman–Crippen MR) is 86.3 cm³/mol. The number of nitrogens with one attached hydrogen (secondary N) is 2. The number of para-hydroxylation sites is 1. The quantitative estimate of drug-likeness (QED) is 0.747. The van der Waals surface area contributed by atoms with E-state index in [1.165, 1.54) is 0 Å². The Morgan fingerprint density at radius 2 is 2.14 bits per heavy atom. The van der Waals surface area contributed by atoms with E-state index in [1.54, 1.807) is 24.3 Å². The summed E-state index contributed by atoms with van der Waals surface area (Å²) < 4.78 is 5.28. The highest BCUT2D eigenvalue weighted by Crippen LogP contribution is 2.19. The van der Waals surface area contributed by atoms with Gasteiger partial charge in [0.05, 0.1) is 5.56 Å². The van der Waals surface area contributed by atoms with Crippen LogP contribution in [0.25, 0.3) is 0 Å². The fraction of sp³-hybridized carbons (Fsp3) is 0.467. The van der Waals surface area contributed by atoms with Gasteiger partial charge in [-0.2, -0.15) is 0 Å². The number of rotatable bonds is 5. The molecule has 2 atom stereocenters. The average molecular weight is 328 g/mol. The first kappa shape index (κ1) is 18.3. The number of amides is 2. The van der Waals surface area contributed by atoms with Crippen molar-refractivity contribution in [3.63, 3.8) is 0 Å². The smallest absolute Gasteiger partial charge is 0.255 e. The Morgan fingerprint density at radius 3 is 2.82 bits per heavy atom. The molecule has 1 aromatic carbocycles. The minimum absolute atomic E-state index is 0. The van der Waals surface area contributed by atoms with E-state index in [4.69, 9.17) is 10.5 Å². The fourth-order valence-electron chi connectivity index (χ4n) is 2.46. The lowest BCUT2D eigenvalue weighted by molar-refractivity contribution is -0.119. The summed E-state index contributed by atoms with van der Waals surface area (Å²) in [5.74, 6) is -0.387. The van der Waals surface area contributed by atoms with Crippen molar-refractivity contribution in [1.29, 1.82) is 0 Å². The molecule has 2 rings (SSSR count). The molecule has 0 spiro atoms. The van der Waals surface area contributed by atoms with Gasteiger partial charge in [0.15, 0.2) is 6.61 Å². The molecule has 0 aromatic heterocycles. The molecule has 6 nitrogen and oxygen atoms in total. The summed E-state index contributed by atoms with van der Waals surface area (Å²) in [7, 11) is 0. The highest BCUT2D eigenvalue weighted by Gasteiger charge is 2.21. The zero-order valence-corrected chi connectivity index (χ0v) is 13.3. The van der Waals surface area contributed by atoms with E-state index in [0.29, 0.717) is 17.4 Å². The molecule has 1 heterocycles. The largest absolute Gasteiger partial charge is 0.483 e. The van der Waals surface area contributed by atoms with Gasteiger partial charge in [-0.3, -0.25) is 9.59 Å². The molecule has 4 N–H and O–H groups in total. The molecule has 0 aliphatic carbocycles. The maximum atomic E-state index is 12.4. The van der Waals surface area contributed by atoms with Crippen LogP contribution in [0.4, 0.5) is 0 Å². The number of piperidine rings is 1. The third-order valence-electron chi connectivity index (χ3n) is 3.46. The second-order valence-corrected chi connectivity index (χ2v) is 5.30. The van der Waals surface area contributed by atoms with Gasteiger partial charge in [-0.1, -0.05) is 12.1 Å². The Bertz CT molecular complexity index is 525. The van der Waals surface area contributed by atoms with E-state index in [9.17, 15) is 9.59 Å². The molecule has 0 bridgehead atoms. The standard InChI is InChI=1S/C15H21N3O3.ClH/c1-10-8-11(6-7-17-10)18-15(20)12-4-2-3-5-13(12)21-9-14(16)19;/h2-5,10-11,17H,6-9H2,1H3,(H2,16,19)(H,18,20);1H. The first-order chi connectivity index (χ1) is 10.1. The number of ether oxygens (including phenoxy) is 1. The Hall–Kier alpha value is -1.79. The molecule has 1 fully saturated rings. The second-order valence-electron chi connectivity index (χ2n) is 5.30. The van der Waals surface area contributed by atoms with Crippen LogP contribution in [0.15, 0.2) is 24.3 Å². The molecule has 22 heavy (non-hydrogen) atoms. The van der Waals surface area contributed by atoms with Crippen LogP contribution in [0, 0.1) is 0 Å².